The number of nitrogens with zero attached hydrogens (tertiary/aromatic N) is 4. The van der Waals surface area contributed by atoms with Crippen molar-refractivity contribution in [3.8, 4) is 11.4 Å². The number of morpholine rings is 1. The Morgan fingerprint density at radius 3 is 2.88 bits per heavy atom. The van der Waals surface area contributed by atoms with Crippen molar-refractivity contribution < 1.29 is 14.2 Å². The Morgan fingerprint density at radius 1 is 1.18 bits per heavy atom. The van der Waals surface area contributed by atoms with Crippen LogP contribution in [0.15, 0.2) is 29.9 Å². The van der Waals surface area contributed by atoms with E-state index in [0.717, 1.165) is 57.6 Å². The Bertz CT molecular complexity index is 1300. The molecule has 0 radical (unpaired) electrons. The zero-order chi connectivity index (χ0) is 22.4. The summed E-state index contributed by atoms with van der Waals surface area (Å²) in [6.45, 7) is 5.75. The second-order valence-corrected chi connectivity index (χ2v) is 9.60. The average molecular weight is 466 g/mol. The summed E-state index contributed by atoms with van der Waals surface area (Å²) in [5.41, 5.74) is 3.53. The molecule has 2 aliphatic heterocycles. The van der Waals surface area contributed by atoms with Crippen molar-refractivity contribution in [3.63, 3.8) is 0 Å². The van der Waals surface area contributed by atoms with E-state index in [2.05, 4.69) is 27.2 Å². The minimum atomic E-state index is -0.391. The number of anilines is 1. The quantitative estimate of drug-likeness (QED) is 0.485. The van der Waals surface area contributed by atoms with Crippen LogP contribution < -0.4 is 4.90 Å². The predicted octanol–water partition coefficient (Wildman–Crippen LogP) is 4.11. The molecule has 0 bridgehead atoms. The SMILES string of the molecule is COC1(c2csc3c(N4CCOC[C@H]4C)nc(-c4ccnc5[nH]ccc45)nc23)CCOCC1. The van der Waals surface area contributed by atoms with Gasteiger partial charge in [0, 0.05) is 68.6 Å². The average Bonchev–Trinajstić information content (AvgIpc) is 3.51. The molecule has 6 heterocycles. The van der Waals surface area contributed by atoms with Crippen LogP contribution in [0.25, 0.3) is 32.6 Å². The molecule has 4 aromatic heterocycles. The van der Waals surface area contributed by atoms with E-state index < -0.39 is 5.60 Å². The molecule has 0 unspecified atom stereocenters. The van der Waals surface area contributed by atoms with E-state index >= 15 is 0 Å². The van der Waals surface area contributed by atoms with Crippen LogP contribution in [0.2, 0.25) is 0 Å². The Kier molecular flexibility index (Phi) is 5.29. The minimum absolute atomic E-state index is 0.236. The van der Waals surface area contributed by atoms with Gasteiger partial charge in [-0.15, -0.1) is 11.3 Å². The molecule has 0 aromatic carbocycles. The van der Waals surface area contributed by atoms with Crippen LogP contribution in [0.3, 0.4) is 0 Å². The third-order valence-electron chi connectivity index (χ3n) is 6.92. The van der Waals surface area contributed by atoms with Crippen LogP contribution in [-0.2, 0) is 19.8 Å². The molecule has 0 saturated carbocycles. The smallest absolute Gasteiger partial charge is 0.163 e. The molecule has 0 aliphatic carbocycles. The van der Waals surface area contributed by atoms with E-state index in [1.165, 1.54) is 0 Å². The lowest BCUT2D eigenvalue weighted by molar-refractivity contribution is -0.0937. The number of methoxy groups -OCH3 is 1. The van der Waals surface area contributed by atoms with Crippen LogP contribution in [0.1, 0.15) is 25.3 Å². The lowest BCUT2D eigenvalue weighted by atomic mass is 9.87. The van der Waals surface area contributed by atoms with Gasteiger partial charge in [-0.1, -0.05) is 0 Å². The molecule has 8 nitrogen and oxygen atoms in total. The van der Waals surface area contributed by atoms with Crippen LogP contribution in [0.4, 0.5) is 5.82 Å². The Balaban J connectivity index is 1.60. The van der Waals surface area contributed by atoms with Gasteiger partial charge in [0.15, 0.2) is 11.6 Å². The van der Waals surface area contributed by atoms with E-state index in [4.69, 9.17) is 24.2 Å². The van der Waals surface area contributed by atoms with Gasteiger partial charge in [0.25, 0.3) is 0 Å². The standard InChI is InChI=1S/C24H27N5O3S/c1-15-13-32-12-9-29(15)23-20-19(18(14-33-20)24(30-2)5-10-31-11-6-24)27-22(28-23)17-4-8-26-21-16(17)3-7-25-21/h3-4,7-8,14-15H,5-6,9-13H2,1-2H3,(H,25,26)/t15-/m1/s1. The molecule has 1 atom stereocenters. The molecule has 4 aromatic rings. The molecule has 2 fully saturated rings. The maximum Gasteiger partial charge on any atom is 0.163 e. The van der Waals surface area contributed by atoms with E-state index in [0.29, 0.717) is 32.3 Å². The fourth-order valence-electron chi connectivity index (χ4n) is 5.02. The van der Waals surface area contributed by atoms with Gasteiger partial charge < -0.3 is 24.1 Å². The van der Waals surface area contributed by atoms with Gasteiger partial charge in [0.1, 0.15) is 11.2 Å². The lowest BCUT2D eigenvalue weighted by Crippen LogP contribution is -2.44. The van der Waals surface area contributed by atoms with Gasteiger partial charge in [0.05, 0.1) is 29.5 Å². The normalized spacial score (nSPS) is 21.2. The molecule has 9 heteroatoms. The highest BCUT2D eigenvalue weighted by atomic mass is 32.1. The third kappa shape index (κ3) is 3.42. The molecular formula is C24H27N5O3S. The van der Waals surface area contributed by atoms with E-state index in [9.17, 15) is 0 Å². The highest BCUT2D eigenvalue weighted by molar-refractivity contribution is 7.18. The number of aromatic nitrogens is 4. The topological polar surface area (TPSA) is 85.4 Å². The highest BCUT2D eigenvalue weighted by Crippen LogP contribution is 2.44. The molecule has 2 aliphatic rings. The first kappa shape index (κ1) is 21.0. The zero-order valence-electron chi connectivity index (χ0n) is 18.8. The van der Waals surface area contributed by atoms with Crippen molar-refractivity contribution in [2.75, 3.05) is 45.0 Å². The zero-order valence-corrected chi connectivity index (χ0v) is 19.7. The molecule has 0 spiro atoms. The van der Waals surface area contributed by atoms with Gasteiger partial charge in [-0.05, 0) is 24.4 Å². The van der Waals surface area contributed by atoms with Gasteiger partial charge >= 0.3 is 0 Å². The second kappa shape index (κ2) is 8.32. The first-order valence-corrected chi connectivity index (χ1v) is 12.3. The number of hydrogen-bond acceptors (Lipinski definition) is 8. The summed E-state index contributed by atoms with van der Waals surface area (Å²) in [6.07, 6.45) is 5.34. The number of aromatic amines is 1. The number of hydrogen-bond donors (Lipinski definition) is 1. The summed E-state index contributed by atoms with van der Waals surface area (Å²) in [7, 11) is 1.80. The molecular weight excluding hydrogens is 438 g/mol. The molecule has 6 rings (SSSR count). The van der Waals surface area contributed by atoms with Crippen molar-refractivity contribution in [3.05, 3.63) is 35.5 Å². The van der Waals surface area contributed by atoms with Gasteiger partial charge in [-0.25, -0.2) is 15.0 Å². The van der Waals surface area contributed by atoms with Gasteiger partial charge in [-0.3, -0.25) is 0 Å². The van der Waals surface area contributed by atoms with Crippen molar-refractivity contribution >= 4 is 38.4 Å². The van der Waals surface area contributed by atoms with Crippen molar-refractivity contribution in [1.29, 1.82) is 0 Å². The molecule has 2 saturated heterocycles. The molecule has 0 amide bonds. The fraction of sp³-hybridized carbons (Fsp3) is 0.458. The first-order chi connectivity index (χ1) is 16.2. The van der Waals surface area contributed by atoms with E-state index in [1.807, 2.05) is 24.5 Å². The number of thiophene rings is 1. The summed E-state index contributed by atoms with van der Waals surface area (Å²) in [6, 6.07) is 4.27. The van der Waals surface area contributed by atoms with Crippen molar-refractivity contribution in [2.24, 2.45) is 0 Å². The maximum absolute atomic E-state index is 6.16. The summed E-state index contributed by atoms with van der Waals surface area (Å²) < 4.78 is 18.6. The Morgan fingerprint density at radius 2 is 2.06 bits per heavy atom. The molecule has 172 valence electrons. The molecule has 1 N–H and O–H groups in total. The summed E-state index contributed by atoms with van der Waals surface area (Å²) in [5.74, 6) is 1.68. The van der Waals surface area contributed by atoms with Crippen molar-refractivity contribution in [2.45, 2.75) is 31.4 Å². The van der Waals surface area contributed by atoms with Crippen LogP contribution >= 0.6 is 11.3 Å². The minimum Gasteiger partial charge on any atom is -0.381 e. The number of H-pyrrole nitrogens is 1. The van der Waals surface area contributed by atoms with Gasteiger partial charge in [0.2, 0.25) is 0 Å². The summed E-state index contributed by atoms with van der Waals surface area (Å²) in [5, 5.41) is 3.23. The Hall–Kier alpha value is -2.59. The number of fused-ring (bicyclic) bond motifs is 2. The molecule has 33 heavy (non-hydrogen) atoms. The summed E-state index contributed by atoms with van der Waals surface area (Å²) >= 11 is 1.71. The van der Waals surface area contributed by atoms with Crippen LogP contribution in [-0.4, -0.2) is 66.1 Å². The second-order valence-electron chi connectivity index (χ2n) is 8.72. The van der Waals surface area contributed by atoms with E-state index in [1.54, 1.807) is 18.4 Å². The lowest BCUT2D eigenvalue weighted by Gasteiger charge is -2.36. The van der Waals surface area contributed by atoms with Crippen LogP contribution in [0, 0.1) is 0 Å². The number of rotatable bonds is 4. The fourth-order valence-corrected chi connectivity index (χ4v) is 6.12. The maximum atomic E-state index is 6.16. The van der Waals surface area contributed by atoms with Gasteiger partial charge in [-0.2, -0.15) is 0 Å². The first-order valence-electron chi connectivity index (χ1n) is 11.4. The predicted molar refractivity (Wildman–Crippen MR) is 129 cm³/mol. The Labute approximate surface area is 195 Å². The number of ether oxygens (including phenoxy) is 3. The third-order valence-corrected chi connectivity index (χ3v) is 7.89. The van der Waals surface area contributed by atoms with Crippen molar-refractivity contribution in [1.82, 2.24) is 19.9 Å². The van der Waals surface area contributed by atoms with Crippen LogP contribution in [0.5, 0.6) is 0 Å². The largest absolute Gasteiger partial charge is 0.381 e. The monoisotopic (exact) mass is 465 g/mol. The number of pyridine rings is 1. The summed E-state index contributed by atoms with van der Waals surface area (Å²) in [4.78, 5) is 20.3. The van der Waals surface area contributed by atoms with E-state index in [-0.39, 0.29) is 6.04 Å². The highest BCUT2D eigenvalue weighted by Gasteiger charge is 2.38. The number of nitrogens with one attached hydrogen (secondary N) is 1.